The van der Waals surface area contributed by atoms with Gasteiger partial charge in [-0.2, -0.15) is 11.8 Å². The average molecular weight is 526 g/mol. The third kappa shape index (κ3) is 10.4. The lowest BCUT2D eigenvalue weighted by Gasteiger charge is -2.22. The second-order valence-corrected chi connectivity index (χ2v) is 9.10. The molecule has 0 aliphatic heterocycles. The number of amides is 1. The predicted molar refractivity (Wildman–Crippen MR) is 135 cm³/mol. The highest BCUT2D eigenvalue weighted by atomic mass is 32.2. The molecule has 1 atom stereocenters. The number of halogens is 2. The number of carbonyl (C=O) groups is 2. The van der Waals surface area contributed by atoms with E-state index in [9.17, 15) is 23.5 Å². The van der Waals surface area contributed by atoms with Gasteiger partial charge in [0, 0.05) is 25.6 Å². The Morgan fingerprint density at radius 1 is 1.06 bits per heavy atom. The van der Waals surface area contributed by atoms with Gasteiger partial charge in [-0.15, -0.1) is 0 Å². The molecule has 0 heterocycles. The molecule has 2 rings (SSSR count). The molecule has 36 heavy (non-hydrogen) atoms. The lowest BCUT2D eigenvalue weighted by atomic mass is 10.1. The highest BCUT2D eigenvalue weighted by Crippen LogP contribution is 2.19. The van der Waals surface area contributed by atoms with Crippen LogP contribution in [0.1, 0.15) is 32.3 Å². The number of ether oxygens (including phenoxy) is 3. The Kier molecular flexibility index (Phi) is 13.1. The first-order chi connectivity index (χ1) is 17.3. The fraction of sp³-hybridized carbons (Fsp3) is 0.462. The number of thioether (sulfide) groups is 1. The number of nitrogens with zero attached hydrogens (tertiary/aromatic N) is 1. The van der Waals surface area contributed by atoms with Gasteiger partial charge in [0.25, 0.3) is 0 Å². The summed E-state index contributed by atoms with van der Waals surface area (Å²) >= 11 is 1.79. The van der Waals surface area contributed by atoms with Gasteiger partial charge in [-0.1, -0.05) is 19.1 Å². The smallest absolute Gasteiger partial charge is 0.415 e. The number of carboxylic acid groups (broad SMARTS) is 1. The van der Waals surface area contributed by atoms with E-state index in [-0.39, 0.29) is 25.3 Å². The molecule has 10 heteroatoms. The summed E-state index contributed by atoms with van der Waals surface area (Å²) in [5, 5.41) is 9.23. The van der Waals surface area contributed by atoms with E-state index in [1.807, 2.05) is 0 Å². The van der Waals surface area contributed by atoms with Crippen LogP contribution < -0.4 is 9.47 Å². The standard InChI is InChI=1S/C26H33F2NO6S/c1-3-15-36-16-5-12-29(26(32)35-23-11-8-20(27)18-22(23)28)13-14-34-21-9-6-19(7-10-21)17-24(25(30)31)33-4-2/h6-11,18,24H,3-5,12-17H2,1-2H3,(H,30,31). The Balaban J connectivity index is 1.93. The molecule has 1 N–H and O–H groups in total. The maximum absolute atomic E-state index is 13.9. The van der Waals surface area contributed by atoms with Gasteiger partial charge in [-0.25, -0.2) is 18.4 Å². The van der Waals surface area contributed by atoms with Gasteiger partial charge in [0.15, 0.2) is 17.7 Å². The minimum atomic E-state index is -1.02. The Bertz CT molecular complexity index is 960. The van der Waals surface area contributed by atoms with Gasteiger partial charge in [0.05, 0.1) is 6.54 Å². The third-order valence-corrected chi connectivity index (χ3v) is 6.31. The van der Waals surface area contributed by atoms with Crippen LogP contribution in [-0.2, 0) is 16.0 Å². The number of hydrogen-bond donors (Lipinski definition) is 1. The van der Waals surface area contributed by atoms with Gasteiger partial charge < -0.3 is 24.2 Å². The zero-order valence-corrected chi connectivity index (χ0v) is 21.4. The Morgan fingerprint density at radius 3 is 2.44 bits per heavy atom. The van der Waals surface area contributed by atoms with Crippen LogP contribution in [0.5, 0.6) is 11.5 Å². The Morgan fingerprint density at radius 2 is 1.81 bits per heavy atom. The molecule has 198 valence electrons. The molecule has 0 spiro atoms. The van der Waals surface area contributed by atoms with Crippen molar-refractivity contribution in [3.8, 4) is 11.5 Å². The van der Waals surface area contributed by atoms with E-state index in [2.05, 4.69) is 6.92 Å². The highest BCUT2D eigenvalue weighted by Gasteiger charge is 2.19. The first kappa shape index (κ1) is 29.4. The molecule has 1 amide bonds. The molecule has 0 saturated carbocycles. The first-order valence-corrected chi connectivity index (χ1v) is 13.0. The van der Waals surface area contributed by atoms with Crippen molar-refractivity contribution in [3.05, 3.63) is 59.7 Å². The summed E-state index contributed by atoms with van der Waals surface area (Å²) < 4.78 is 43.2. The molecular formula is C26H33F2NO6S. The number of aliphatic carboxylic acids is 1. The summed E-state index contributed by atoms with van der Waals surface area (Å²) in [5.74, 6) is -0.613. The minimum absolute atomic E-state index is 0.166. The molecule has 2 aromatic carbocycles. The van der Waals surface area contributed by atoms with Gasteiger partial charge in [0.1, 0.15) is 18.2 Å². The fourth-order valence-electron chi connectivity index (χ4n) is 3.24. The Hall–Kier alpha value is -2.85. The number of carboxylic acids is 1. The van der Waals surface area contributed by atoms with Crippen molar-refractivity contribution in [2.45, 2.75) is 39.2 Å². The maximum Gasteiger partial charge on any atom is 0.415 e. The molecule has 1 unspecified atom stereocenters. The van der Waals surface area contributed by atoms with E-state index >= 15 is 0 Å². The first-order valence-electron chi connectivity index (χ1n) is 11.9. The maximum atomic E-state index is 13.9. The monoisotopic (exact) mass is 525 g/mol. The molecule has 0 aromatic heterocycles. The molecule has 2 aromatic rings. The van der Waals surface area contributed by atoms with Crippen molar-refractivity contribution in [2.75, 3.05) is 37.8 Å². The van der Waals surface area contributed by atoms with Crippen molar-refractivity contribution >= 4 is 23.8 Å². The summed E-state index contributed by atoms with van der Waals surface area (Å²) in [5.41, 5.74) is 0.791. The van der Waals surface area contributed by atoms with E-state index in [4.69, 9.17) is 14.2 Å². The zero-order valence-electron chi connectivity index (χ0n) is 20.6. The van der Waals surface area contributed by atoms with Crippen LogP contribution >= 0.6 is 11.8 Å². The van der Waals surface area contributed by atoms with Crippen LogP contribution in [0.15, 0.2) is 42.5 Å². The van der Waals surface area contributed by atoms with Crippen molar-refractivity contribution < 1.29 is 37.7 Å². The number of hydrogen-bond acceptors (Lipinski definition) is 6. The summed E-state index contributed by atoms with van der Waals surface area (Å²) in [4.78, 5) is 25.4. The van der Waals surface area contributed by atoms with Crippen molar-refractivity contribution in [2.24, 2.45) is 0 Å². The average Bonchev–Trinajstić information content (AvgIpc) is 2.85. The minimum Gasteiger partial charge on any atom is -0.492 e. The van der Waals surface area contributed by atoms with Gasteiger partial charge in [0.2, 0.25) is 0 Å². The molecule has 0 radical (unpaired) electrons. The molecule has 0 fully saturated rings. The molecule has 0 aliphatic rings. The van der Waals surface area contributed by atoms with E-state index < -0.39 is 29.8 Å². The van der Waals surface area contributed by atoms with E-state index in [0.717, 1.165) is 42.0 Å². The second kappa shape index (κ2) is 16.0. The molecular weight excluding hydrogens is 492 g/mol. The normalized spacial score (nSPS) is 11.7. The lowest BCUT2D eigenvalue weighted by Crippen LogP contribution is -2.38. The summed E-state index contributed by atoms with van der Waals surface area (Å²) in [6.07, 6.45) is 0.373. The predicted octanol–water partition coefficient (Wildman–Crippen LogP) is 5.41. The summed E-state index contributed by atoms with van der Waals surface area (Å²) in [6.45, 7) is 4.91. The second-order valence-electron chi connectivity index (χ2n) is 7.87. The lowest BCUT2D eigenvalue weighted by molar-refractivity contribution is -0.149. The van der Waals surface area contributed by atoms with Crippen LogP contribution in [0.25, 0.3) is 0 Å². The van der Waals surface area contributed by atoms with E-state index in [0.29, 0.717) is 25.0 Å². The topological polar surface area (TPSA) is 85.3 Å². The molecule has 7 nitrogen and oxygen atoms in total. The Labute approximate surface area is 214 Å². The SMILES string of the molecule is CCCSCCCN(CCOc1ccc(CC(OCC)C(=O)O)cc1)C(=O)Oc1ccc(F)cc1F. The van der Waals surface area contributed by atoms with Crippen molar-refractivity contribution in [1.29, 1.82) is 0 Å². The van der Waals surface area contributed by atoms with Gasteiger partial charge in [-0.3, -0.25) is 0 Å². The molecule has 0 aliphatic carbocycles. The van der Waals surface area contributed by atoms with Crippen molar-refractivity contribution in [3.63, 3.8) is 0 Å². The summed E-state index contributed by atoms with van der Waals surface area (Å²) in [6, 6.07) is 9.73. The summed E-state index contributed by atoms with van der Waals surface area (Å²) in [7, 11) is 0. The quantitative estimate of drug-likeness (QED) is 0.293. The number of carbonyl (C=O) groups excluding carboxylic acids is 1. The molecule has 0 saturated heterocycles. The van der Waals surface area contributed by atoms with Crippen LogP contribution in [0.2, 0.25) is 0 Å². The van der Waals surface area contributed by atoms with Gasteiger partial charge in [-0.05, 0) is 61.1 Å². The number of rotatable bonds is 16. The third-order valence-electron chi connectivity index (χ3n) is 5.03. The van der Waals surface area contributed by atoms with Crippen LogP contribution in [0.4, 0.5) is 13.6 Å². The molecule has 0 bridgehead atoms. The van der Waals surface area contributed by atoms with Crippen LogP contribution in [-0.4, -0.2) is 66.0 Å². The highest BCUT2D eigenvalue weighted by molar-refractivity contribution is 7.99. The fourth-order valence-corrected chi connectivity index (χ4v) is 4.07. The van der Waals surface area contributed by atoms with Crippen molar-refractivity contribution in [1.82, 2.24) is 4.90 Å². The largest absolute Gasteiger partial charge is 0.492 e. The van der Waals surface area contributed by atoms with Crippen LogP contribution in [0, 0.1) is 11.6 Å². The number of benzene rings is 2. The van der Waals surface area contributed by atoms with E-state index in [1.54, 1.807) is 43.0 Å². The van der Waals surface area contributed by atoms with E-state index in [1.165, 1.54) is 4.90 Å². The van der Waals surface area contributed by atoms with Crippen LogP contribution in [0.3, 0.4) is 0 Å². The van der Waals surface area contributed by atoms with Gasteiger partial charge >= 0.3 is 12.1 Å². The zero-order chi connectivity index (χ0) is 26.3.